The zero-order valence-electron chi connectivity index (χ0n) is 13.3. The van der Waals surface area contributed by atoms with Gasteiger partial charge in [0.15, 0.2) is 0 Å². The normalized spacial score (nSPS) is 19.9. The van der Waals surface area contributed by atoms with Gasteiger partial charge in [0.2, 0.25) is 0 Å². The van der Waals surface area contributed by atoms with E-state index in [1.54, 1.807) is 0 Å². The summed E-state index contributed by atoms with van der Waals surface area (Å²) in [6.45, 7) is 8.66. The van der Waals surface area contributed by atoms with E-state index in [4.69, 9.17) is 0 Å². The van der Waals surface area contributed by atoms with Crippen molar-refractivity contribution in [2.45, 2.75) is 58.2 Å². The molecule has 0 bridgehead atoms. The molecule has 118 valence electrons. The summed E-state index contributed by atoms with van der Waals surface area (Å²) in [6.07, 6.45) is 3.50. The summed E-state index contributed by atoms with van der Waals surface area (Å²) in [7, 11) is 0. The molecule has 0 radical (unpaired) electrons. The van der Waals surface area contributed by atoms with E-state index in [2.05, 4.69) is 65.1 Å². The molecule has 3 nitrogen and oxygen atoms in total. The molecule has 4 heteroatoms. The van der Waals surface area contributed by atoms with Crippen LogP contribution in [0.2, 0.25) is 0 Å². The van der Waals surface area contributed by atoms with Crippen LogP contribution in [-0.2, 0) is 6.54 Å². The number of hydrogen-bond donors (Lipinski definition) is 2. The van der Waals surface area contributed by atoms with Gasteiger partial charge in [-0.1, -0.05) is 6.07 Å². The largest absolute Gasteiger partial charge is 0.394 e. The molecule has 2 N–H and O–H groups in total. The number of aliphatic hydroxyl groups excluding tert-OH is 1. The van der Waals surface area contributed by atoms with Crippen LogP contribution in [0.3, 0.4) is 0 Å². The summed E-state index contributed by atoms with van der Waals surface area (Å²) in [6, 6.07) is 6.81. The number of anilines is 1. The fraction of sp³-hybridized carbons (Fsp3) is 0.647. The van der Waals surface area contributed by atoms with Crippen molar-refractivity contribution >= 4 is 21.6 Å². The average Bonchev–Trinajstić information content (AvgIpc) is 2.44. The highest BCUT2D eigenvalue weighted by atomic mass is 79.9. The summed E-state index contributed by atoms with van der Waals surface area (Å²) >= 11 is 3.71. The van der Waals surface area contributed by atoms with Crippen molar-refractivity contribution in [3.8, 4) is 0 Å². The Balaban J connectivity index is 2.11. The lowest BCUT2D eigenvalue weighted by Gasteiger charge is -2.37. The second-order valence-electron chi connectivity index (χ2n) is 6.91. The van der Waals surface area contributed by atoms with Crippen LogP contribution < -0.4 is 10.2 Å². The molecule has 0 aromatic heterocycles. The number of benzene rings is 1. The van der Waals surface area contributed by atoms with Crippen LogP contribution in [-0.4, -0.2) is 29.8 Å². The van der Waals surface area contributed by atoms with Gasteiger partial charge in [0.05, 0.1) is 18.3 Å². The Morgan fingerprint density at radius 3 is 2.71 bits per heavy atom. The summed E-state index contributed by atoms with van der Waals surface area (Å²) in [4.78, 5) is 2.34. The molecule has 1 aliphatic rings. The molecular formula is C17H27BrN2O. The molecule has 0 spiro atoms. The predicted octanol–water partition coefficient (Wildman–Crippen LogP) is 3.69. The zero-order chi connectivity index (χ0) is 15.5. The lowest BCUT2D eigenvalue weighted by Crippen LogP contribution is -2.42. The Labute approximate surface area is 136 Å². The highest BCUT2D eigenvalue weighted by Crippen LogP contribution is 2.32. The first-order valence-corrected chi connectivity index (χ1v) is 8.61. The third-order valence-corrected chi connectivity index (χ3v) is 4.62. The lowest BCUT2D eigenvalue weighted by molar-refractivity contribution is 0.240. The second-order valence-corrected chi connectivity index (χ2v) is 7.77. The molecule has 1 aliphatic heterocycles. The Morgan fingerprint density at radius 2 is 2.10 bits per heavy atom. The summed E-state index contributed by atoms with van der Waals surface area (Å²) in [5.74, 6) is 0. The Bertz CT molecular complexity index is 470. The highest BCUT2D eigenvalue weighted by Gasteiger charge is 2.23. The zero-order valence-corrected chi connectivity index (χ0v) is 14.9. The minimum atomic E-state index is 0.125. The van der Waals surface area contributed by atoms with Gasteiger partial charge in [0, 0.05) is 23.1 Å². The number of aliphatic hydroxyl groups is 1. The van der Waals surface area contributed by atoms with Gasteiger partial charge < -0.3 is 15.3 Å². The molecule has 1 saturated heterocycles. The fourth-order valence-electron chi connectivity index (χ4n) is 2.77. The molecule has 2 rings (SSSR count). The van der Waals surface area contributed by atoms with E-state index in [9.17, 15) is 5.11 Å². The number of hydrogen-bond acceptors (Lipinski definition) is 3. The van der Waals surface area contributed by atoms with Crippen LogP contribution in [0.5, 0.6) is 0 Å². The summed E-state index contributed by atoms with van der Waals surface area (Å²) in [5.41, 5.74) is 2.60. The monoisotopic (exact) mass is 354 g/mol. The van der Waals surface area contributed by atoms with Gasteiger partial charge in [-0.2, -0.15) is 0 Å². The van der Waals surface area contributed by atoms with Crippen molar-refractivity contribution < 1.29 is 5.11 Å². The quantitative estimate of drug-likeness (QED) is 0.865. The van der Waals surface area contributed by atoms with Crippen LogP contribution in [0.15, 0.2) is 22.7 Å². The van der Waals surface area contributed by atoms with Gasteiger partial charge in [-0.05, 0) is 73.7 Å². The molecule has 0 aliphatic carbocycles. The predicted molar refractivity (Wildman–Crippen MR) is 92.8 cm³/mol. The Morgan fingerprint density at radius 1 is 1.33 bits per heavy atom. The maximum absolute atomic E-state index is 9.58. The van der Waals surface area contributed by atoms with E-state index >= 15 is 0 Å². The van der Waals surface area contributed by atoms with E-state index in [-0.39, 0.29) is 18.2 Å². The molecule has 1 heterocycles. The number of piperidine rings is 1. The van der Waals surface area contributed by atoms with Gasteiger partial charge in [0.1, 0.15) is 0 Å². The molecular weight excluding hydrogens is 328 g/mol. The van der Waals surface area contributed by atoms with Crippen LogP contribution >= 0.6 is 15.9 Å². The van der Waals surface area contributed by atoms with Crippen molar-refractivity contribution in [3.63, 3.8) is 0 Å². The van der Waals surface area contributed by atoms with Crippen LogP contribution in [0.25, 0.3) is 0 Å². The van der Waals surface area contributed by atoms with E-state index in [1.807, 2.05) is 0 Å². The first-order valence-electron chi connectivity index (χ1n) is 7.81. The number of rotatable bonds is 4. The standard InChI is InChI=1S/C17H27BrN2O/c1-17(2,3)19-11-13-7-8-16(15(18)10-13)20-9-5-4-6-14(20)12-21/h7-8,10,14,19,21H,4-6,9,11-12H2,1-3H3. The van der Waals surface area contributed by atoms with E-state index in [0.29, 0.717) is 0 Å². The van der Waals surface area contributed by atoms with Crippen molar-refractivity contribution in [3.05, 3.63) is 28.2 Å². The molecule has 1 unspecified atom stereocenters. The van der Waals surface area contributed by atoms with Crippen molar-refractivity contribution in [2.75, 3.05) is 18.1 Å². The van der Waals surface area contributed by atoms with Crippen LogP contribution in [0, 0.1) is 0 Å². The first kappa shape index (κ1) is 16.8. The van der Waals surface area contributed by atoms with Gasteiger partial charge in [0.25, 0.3) is 0 Å². The number of nitrogens with one attached hydrogen (secondary N) is 1. The summed E-state index contributed by atoms with van der Waals surface area (Å²) < 4.78 is 1.12. The third kappa shape index (κ3) is 4.70. The van der Waals surface area contributed by atoms with Gasteiger partial charge in [-0.25, -0.2) is 0 Å². The Hall–Kier alpha value is -0.580. The lowest BCUT2D eigenvalue weighted by atomic mass is 10.0. The maximum atomic E-state index is 9.58. The molecule has 1 fully saturated rings. The highest BCUT2D eigenvalue weighted by molar-refractivity contribution is 9.10. The fourth-order valence-corrected chi connectivity index (χ4v) is 3.42. The second kappa shape index (κ2) is 7.12. The molecule has 1 aromatic rings. The first-order chi connectivity index (χ1) is 9.90. The van der Waals surface area contributed by atoms with Gasteiger partial charge in [-0.3, -0.25) is 0 Å². The van der Waals surface area contributed by atoms with Crippen molar-refractivity contribution in [2.24, 2.45) is 0 Å². The molecule has 1 atom stereocenters. The minimum absolute atomic E-state index is 0.125. The SMILES string of the molecule is CC(C)(C)NCc1ccc(N2CCCCC2CO)c(Br)c1. The minimum Gasteiger partial charge on any atom is -0.394 e. The molecule has 21 heavy (non-hydrogen) atoms. The average molecular weight is 355 g/mol. The number of nitrogens with zero attached hydrogens (tertiary/aromatic N) is 1. The van der Waals surface area contributed by atoms with Crippen molar-refractivity contribution in [1.29, 1.82) is 0 Å². The molecule has 0 saturated carbocycles. The Kier molecular flexibility index (Phi) is 5.69. The van der Waals surface area contributed by atoms with Crippen molar-refractivity contribution in [1.82, 2.24) is 5.32 Å². The number of halogens is 1. The van der Waals surface area contributed by atoms with E-state index in [0.717, 1.165) is 24.0 Å². The summed E-state index contributed by atoms with van der Waals surface area (Å²) in [5, 5.41) is 13.1. The van der Waals surface area contributed by atoms with Gasteiger partial charge >= 0.3 is 0 Å². The maximum Gasteiger partial charge on any atom is 0.0635 e. The van der Waals surface area contributed by atoms with Crippen LogP contribution in [0.1, 0.15) is 45.6 Å². The van der Waals surface area contributed by atoms with E-state index < -0.39 is 0 Å². The molecule has 1 aromatic carbocycles. The van der Waals surface area contributed by atoms with Gasteiger partial charge in [-0.15, -0.1) is 0 Å². The third-order valence-electron chi connectivity index (χ3n) is 3.98. The van der Waals surface area contributed by atoms with E-state index in [1.165, 1.54) is 24.1 Å². The smallest absolute Gasteiger partial charge is 0.0635 e. The van der Waals surface area contributed by atoms with Crippen LogP contribution in [0.4, 0.5) is 5.69 Å². The topological polar surface area (TPSA) is 35.5 Å². The molecule has 0 amide bonds.